The Labute approximate surface area is 82.2 Å². The zero-order chi connectivity index (χ0) is 10.6. The van der Waals surface area contributed by atoms with Gasteiger partial charge in [-0.2, -0.15) is 0 Å². The van der Waals surface area contributed by atoms with Crippen LogP contribution in [0.5, 0.6) is 0 Å². The van der Waals surface area contributed by atoms with E-state index in [0.29, 0.717) is 5.69 Å². The average Bonchev–Trinajstić information content (AvgIpc) is 2.27. The van der Waals surface area contributed by atoms with Crippen molar-refractivity contribution in [3.63, 3.8) is 0 Å². The first kappa shape index (κ1) is 10.6. The summed E-state index contributed by atoms with van der Waals surface area (Å²) in [4.78, 5) is 16.7. The van der Waals surface area contributed by atoms with Crippen molar-refractivity contribution in [2.45, 2.75) is 6.04 Å². The number of amides is 1. The van der Waals surface area contributed by atoms with Crippen LogP contribution in [0, 0.1) is 0 Å². The van der Waals surface area contributed by atoms with Gasteiger partial charge in [-0.15, -0.1) is 0 Å². The van der Waals surface area contributed by atoms with Gasteiger partial charge >= 0.3 is 0 Å². The van der Waals surface area contributed by atoms with Crippen molar-refractivity contribution in [1.29, 1.82) is 0 Å². The molecule has 1 unspecified atom stereocenters. The number of carbonyl (C=O) groups excluding carboxylic acids is 1. The number of aliphatic hydroxyl groups excluding tert-OH is 1. The van der Waals surface area contributed by atoms with Crippen LogP contribution in [-0.2, 0) is 4.79 Å². The molecule has 1 heterocycles. The molecule has 0 aliphatic carbocycles. The maximum Gasteiger partial charge on any atom is 0.246 e. The van der Waals surface area contributed by atoms with Gasteiger partial charge in [0.15, 0.2) is 0 Å². The fourth-order valence-corrected chi connectivity index (χ4v) is 1.01. The summed E-state index contributed by atoms with van der Waals surface area (Å²) in [6, 6.07) is 2.60. The summed E-state index contributed by atoms with van der Waals surface area (Å²) in [5, 5.41) is 8.71. The van der Waals surface area contributed by atoms with Gasteiger partial charge in [-0.05, 0) is 12.1 Å². The number of hydrogen-bond acceptors (Lipinski definition) is 4. The Balaban J connectivity index is 2.76. The average molecular weight is 195 g/mol. The maximum absolute atomic E-state index is 11.5. The molecule has 1 atom stereocenters. The highest BCUT2D eigenvalue weighted by molar-refractivity contribution is 5.96. The zero-order valence-corrected chi connectivity index (χ0v) is 7.92. The highest BCUT2D eigenvalue weighted by Gasteiger charge is 2.17. The molecule has 1 aromatic rings. The number of pyridine rings is 1. The third-order valence-electron chi connectivity index (χ3n) is 1.88. The summed E-state index contributed by atoms with van der Waals surface area (Å²) >= 11 is 0. The van der Waals surface area contributed by atoms with E-state index < -0.39 is 6.04 Å². The third kappa shape index (κ3) is 2.27. The number of carbonyl (C=O) groups is 1. The Bertz CT molecular complexity index is 302. The topological polar surface area (TPSA) is 79.5 Å². The molecule has 0 aliphatic rings. The minimum atomic E-state index is -0.875. The van der Waals surface area contributed by atoms with E-state index in [-0.39, 0.29) is 12.5 Å². The summed E-state index contributed by atoms with van der Waals surface area (Å²) in [7, 11) is 1.59. The third-order valence-corrected chi connectivity index (χ3v) is 1.88. The van der Waals surface area contributed by atoms with E-state index in [0.717, 1.165) is 0 Å². The van der Waals surface area contributed by atoms with Crippen molar-refractivity contribution in [2.24, 2.45) is 5.73 Å². The second-order valence-corrected chi connectivity index (χ2v) is 2.90. The van der Waals surface area contributed by atoms with E-state index in [2.05, 4.69) is 4.98 Å². The summed E-state index contributed by atoms with van der Waals surface area (Å²) in [5.74, 6) is -0.333. The van der Waals surface area contributed by atoms with Gasteiger partial charge in [0, 0.05) is 13.2 Å². The van der Waals surface area contributed by atoms with Crippen LogP contribution in [0.1, 0.15) is 0 Å². The monoisotopic (exact) mass is 195 g/mol. The molecule has 5 nitrogen and oxygen atoms in total. The van der Waals surface area contributed by atoms with E-state index in [1.54, 1.807) is 31.6 Å². The van der Waals surface area contributed by atoms with Crippen LogP contribution in [-0.4, -0.2) is 35.7 Å². The molecule has 1 amide bonds. The molecule has 3 N–H and O–H groups in total. The summed E-state index contributed by atoms with van der Waals surface area (Å²) in [6.45, 7) is -0.358. The predicted molar refractivity (Wildman–Crippen MR) is 52.7 cm³/mol. The molecule has 14 heavy (non-hydrogen) atoms. The molecule has 1 rings (SSSR count). The van der Waals surface area contributed by atoms with Crippen molar-refractivity contribution >= 4 is 11.6 Å². The SMILES string of the molecule is CN(C(=O)C(N)CO)c1cccnc1. The van der Waals surface area contributed by atoms with Crippen LogP contribution in [0.2, 0.25) is 0 Å². The van der Waals surface area contributed by atoms with E-state index in [1.807, 2.05) is 0 Å². The van der Waals surface area contributed by atoms with E-state index in [1.165, 1.54) is 4.90 Å². The van der Waals surface area contributed by atoms with Gasteiger partial charge in [0.25, 0.3) is 0 Å². The van der Waals surface area contributed by atoms with Crippen molar-refractivity contribution < 1.29 is 9.90 Å². The van der Waals surface area contributed by atoms with Crippen molar-refractivity contribution in [3.05, 3.63) is 24.5 Å². The molecule has 0 saturated heterocycles. The minimum Gasteiger partial charge on any atom is -0.394 e. The van der Waals surface area contributed by atoms with Crippen LogP contribution >= 0.6 is 0 Å². The lowest BCUT2D eigenvalue weighted by atomic mass is 10.2. The number of nitrogens with zero attached hydrogens (tertiary/aromatic N) is 2. The number of aliphatic hydroxyl groups is 1. The standard InChI is InChI=1S/C9H13N3O2/c1-12(9(14)8(10)6-13)7-3-2-4-11-5-7/h2-5,8,13H,6,10H2,1H3. The van der Waals surface area contributed by atoms with Gasteiger partial charge in [0.1, 0.15) is 6.04 Å². The Morgan fingerprint density at radius 1 is 1.79 bits per heavy atom. The Hall–Kier alpha value is -1.46. The van der Waals surface area contributed by atoms with Gasteiger partial charge in [-0.25, -0.2) is 0 Å². The van der Waals surface area contributed by atoms with Crippen molar-refractivity contribution in [2.75, 3.05) is 18.6 Å². The fourth-order valence-electron chi connectivity index (χ4n) is 1.01. The second kappa shape index (κ2) is 4.69. The number of aromatic nitrogens is 1. The van der Waals surface area contributed by atoms with E-state index in [4.69, 9.17) is 10.8 Å². The minimum absolute atomic E-state index is 0.333. The van der Waals surface area contributed by atoms with Gasteiger partial charge < -0.3 is 15.7 Å². The molecular formula is C9H13N3O2. The number of nitrogens with two attached hydrogens (primary N) is 1. The molecule has 0 fully saturated rings. The number of anilines is 1. The molecule has 0 aromatic carbocycles. The molecule has 76 valence electrons. The van der Waals surface area contributed by atoms with Crippen LogP contribution < -0.4 is 10.6 Å². The largest absolute Gasteiger partial charge is 0.394 e. The number of hydrogen-bond donors (Lipinski definition) is 2. The van der Waals surface area contributed by atoms with E-state index in [9.17, 15) is 4.79 Å². The van der Waals surface area contributed by atoms with Crippen LogP contribution in [0.25, 0.3) is 0 Å². The van der Waals surface area contributed by atoms with Gasteiger partial charge in [-0.1, -0.05) is 0 Å². The Kier molecular flexibility index (Phi) is 3.55. The van der Waals surface area contributed by atoms with Crippen molar-refractivity contribution in [3.8, 4) is 0 Å². The van der Waals surface area contributed by atoms with Crippen LogP contribution in [0.4, 0.5) is 5.69 Å². The first-order valence-corrected chi connectivity index (χ1v) is 4.21. The predicted octanol–water partition coefficient (Wildman–Crippen LogP) is -0.636. The number of likely N-dealkylation sites (N-methyl/N-ethyl adjacent to an activating group) is 1. The fraction of sp³-hybridized carbons (Fsp3) is 0.333. The van der Waals surface area contributed by atoms with Gasteiger partial charge in [-0.3, -0.25) is 9.78 Å². The molecule has 5 heteroatoms. The molecule has 0 saturated carbocycles. The first-order chi connectivity index (χ1) is 6.66. The van der Waals surface area contributed by atoms with Crippen molar-refractivity contribution in [1.82, 2.24) is 4.98 Å². The van der Waals surface area contributed by atoms with Gasteiger partial charge in [0.05, 0.1) is 18.5 Å². The molecule has 1 aromatic heterocycles. The Morgan fingerprint density at radius 2 is 2.50 bits per heavy atom. The molecule has 0 spiro atoms. The first-order valence-electron chi connectivity index (χ1n) is 4.21. The summed E-state index contributed by atoms with van der Waals surface area (Å²) < 4.78 is 0. The lowest BCUT2D eigenvalue weighted by Gasteiger charge is -2.19. The van der Waals surface area contributed by atoms with Crippen LogP contribution in [0.3, 0.4) is 0 Å². The number of rotatable bonds is 3. The molecule has 0 radical (unpaired) electrons. The molecule has 0 aliphatic heterocycles. The quantitative estimate of drug-likeness (QED) is 0.672. The normalized spacial score (nSPS) is 12.2. The van der Waals surface area contributed by atoms with E-state index >= 15 is 0 Å². The highest BCUT2D eigenvalue weighted by Crippen LogP contribution is 2.09. The molecule has 0 bridgehead atoms. The highest BCUT2D eigenvalue weighted by atomic mass is 16.3. The lowest BCUT2D eigenvalue weighted by molar-refractivity contribution is -0.120. The Morgan fingerprint density at radius 3 is 3.00 bits per heavy atom. The van der Waals surface area contributed by atoms with Gasteiger partial charge in [0.2, 0.25) is 5.91 Å². The second-order valence-electron chi connectivity index (χ2n) is 2.90. The summed E-state index contributed by atoms with van der Waals surface area (Å²) in [5.41, 5.74) is 6.05. The smallest absolute Gasteiger partial charge is 0.246 e. The lowest BCUT2D eigenvalue weighted by Crippen LogP contribution is -2.44. The molecular weight excluding hydrogens is 182 g/mol. The maximum atomic E-state index is 11.5. The summed E-state index contributed by atoms with van der Waals surface area (Å²) in [6.07, 6.45) is 3.18. The zero-order valence-electron chi connectivity index (χ0n) is 7.92. The van der Waals surface area contributed by atoms with Crippen LogP contribution in [0.15, 0.2) is 24.5 Å².